The van der Waals surface area contributed by atoms with Gasteiger partial charge in [0.05, 0.1) is 18.1 Å². The third kappa shape index (κ3) is 2.44. The highest BCUT2D eigenvalue weighted by Gasteiger charge is 2.09. The van der Waals surface area contributed by atoms with Gasteiger partial charge in [-0.25, -0.2) is 10.5 Å². The lowest BCUT2D eigenvalue weighted by Gasteiger charge is -2.01. The molecule has 0 bridgehead atoms. The first-order valence-corrected chi connectivity index (χ1v) is 6.30. The lowest BCUT2D eigenvalue weighted by molar-refractivity contribution is 0.0706. The van der Waals surface area contributed by atoms with Crippen LogP contribution in [0.1, 0.15) is 10.4 Å². The topological polar surface area (TPSA) is 87.2 Å². The normalized spacial score (nSPS) is 10.6. The Hall–Kier alpha value is -2.86. The smallest absolute Gasteiger partial charge is 0.274 e. The van der Waals surface area contributed by atoms with Gasteiger partial charge in [0.2, 0.25) is 0 Å². The van der Waals surface area contributed by atoms with Gasteiger partial charge >= 0.3 is 0 Å². The van der Waals surface area contributed by atoms with Crippen LogP contribution in [0.15, 0.2) is 42.5 Å². The molecule has 106 valence electrons. The number of carbonyl (C=O) groups is 1. The van der Waals surface area contributed by atoms with Crippen molar-refractivity contribution in [1.82, 2.24) is 15.4 Å². The maximum atomic E-state index is 11.4. The van der Waals surface area contributed by atoms with Crippen LogP contribution >= 0.6 is 0 Å². The van der Waals surface area contributed by atoms with E-state index in [0.29, 0.717) is 16.9 Å². The lowest BCUT2D eigenvalue weighted by atomic mass is 10.2. The number of ether oxygens (including phenoxy) is 1. The molecule has 3 aromatic rings. The predicted molar refractivity (Wildman–Crippen MR) is 77.3 cm³/mol. The van der Waals surface area contributed by atoms with Crippen molar-refractivity contribution >= 4 is 16.9 Å². The van der Waals surface area contributed by atoms with Crippen molar-refractivity contribution in [1.29, 1.82) is 0 Å². The first-order valence-electron chi connectivity index (χ1n) is 6.30. The third-order valence-corrected chi connectivity index (χ3v) is 3.19. The maximum Gasteiger partial charge on any atom is 0.274 e. The molecule has 0 atom stereocenters. The first kappa shape index (κ1) is 13.1. The maximum absolute atomic E-state index is 11.4. The molecule has 0 fully saturated rings. The zero-order valence-corrected chi connectivity index (χ0v) is 11.3. The zero-order valence-electron chi connectivity index (χ0n) is 11.3. The molecule has 0 aliphatic heterocycles. The Morgan fingerprint density at radius 3 is 2.90 bits per heavy atom. The molecule has 6 heteroatoms. The highest BCUT2D eigenvalue weighted by atomic mass is 16.5. The molecule has 0 spiro atoms. The molecule has 21 heavy (non-hydrogen) atoms. The number of rotatable bonds is 3. The molecular weight excluding hydrogens is 270 g/mol. The van der Waals surface area contributed by atoms with Crippen LogP contribution in [-0.2, 0) is 0 Å². The van der Waals surface area contributed by atoms with E-state index in [1.165, 1.54) is 0 Å². The van der Waals surface area contributed by atoms with Crippen molar-refractivity contribution in [2.75, 3.05) is 7.11 Å². The van der Waals surface area contributed by atoms with E-state index in [0.717, 1.165) is 16.8 Å². The predicted octanol–water partition coefficient (Wildman–Crippen LogP) is 2.36. The fraction of sp³-hybridized carbons (Fsp3) is 0.0667. The molecule has 3 N–H and O–H groups in total. The largest absolute Gasteiger partial charge is 0.497 e. The minimum atomic E-state index is -0.561. The molecule has 1 heterocycles. The fourth-order valence-corrected chi connectivity index (χ4v) is 2.12. The highest BCUT2D eigenvalue weighted by molar-refractivity contribution is 5.97. The molecule has 0 saturated heterocycles. The zero-order chi connectivity index (χ0) is 14.8. The van der Waals surface area contributed by atoms with Gasteiger partial charge in [0, 0.05) is 11.1 Å². The number of hydrogen-bond acceptors (Lipinski definition) is 4. The van der Waals surface area contributed by atoms with E-state index in [-0.39, 0.29) is 0 Å². The second kappa shape index (κ2) is 5.26. The number of aromatic nitrogens is 2. The Morgan fingerprint density at radius 2 is 2.14 bits per heavy atom. The Kier molecular flexibility index (Phi) is 3.29. The molecule has 0 radical (unpaired) electrons. The summed E-state index contributed by atoms with van der Waals surface area (Å²) in [5.74, 6) is 0.869. The van der Waals surface area contributed by atoms with Crippen LogP contribution in [0.3, 0.4) is 0 Å². The van der Waals surface area contributed by atoms with Crippen molar-refractivity contribution in [3.05, 3.63) is 48.0 Å². The van der Waals surface area contributed by atoms with Gasteiger partial charge in [-0.2, -0.15) is 0 Å². The Bertz CT molecular complexity index is 811. The van der Waals surface area contributed by atoms with Crippen LogP contribution < -0.4 is 10.2 Å². The van der Waals surface area contributed by atoms with Crippen LogP contribution in [-0.4, -0.2) is 28.2 Å². The first-order chi connectivity index (χ1) is 10.2. The molecule has 6 nitrogen and oxygen atoms in total. The number of amides is 1. The van der Waals surface area contributed by atoms with E-state index in [2.05, 4.69) is 9.97 Å². The number of hydroxylamine groups is 1. The minimum absolute atomic E-state index is 0.353. The number of hydrogen-bond donors (Lipinski definition) is 3. The molecule has 0 aliphatic carbocycles. The summed E-state index contributed by atoms with van der Waals surface area (Å²) in [4.78, 5) is 19.0. The summed E-state index contributed by atoms with van der Waals surface area (Å²) in [6.45, 7) is 0. The Labute approximate surface area is 120 Å². The Morgan fingerprint density at radius 1 is 1.29 bits per heavy atom. The second-order valence-corrected chi connectivity index (χ2v) is 4.49. The lowest BCUT2D eigenvalue weighted by Crippen LogP contribution is -2.18. The van der Waals surface area contributed by atoms with E-state index in [9.17, 15) is 4.79 Å². The van der Waals surface area contributed by atoms with E-state index in [4.69, 9.17) is 9.94 Å². The summed E-state index contributed by atoms with van der Waals surface area (Å²) in [7, 11) is 1.61. The molecule has 0 saturated carbocycles. The summed E-state index contributed by atoms with van der Waals surface area (Å²) < 4.78 is 5.19. The summed E-state index contributed by atoms with van der Waals surface area (Å²) in [5, 5.41) is 8.66. The molecule has 0 unspecified atom stereocenters. The summed E-state index contributed by atoms with van der Waals surface area (Å²) in [6, 6.07) is 12.5. The SMILES string of the molecule is COc1cccc(-c2nc3ccc(C(=O)NO)cc3[nH]2)c1. The molecular formula is C15H13N3O3. The number of fused-ring (bicyclic) bond motifs is 1. The Balaban J connectivity index is 2.06. The van der Waals surface area contributed by atoms with Crippen LogP contribution in [0, 0.1) is 0 Å². The molecule has 0 aliphatic rings. The van der Waals surface area contributed by atoms with Gasteiger partial charge in [-0.1, -0.05) is 12.1 Å². The monoisotopic (exact) mass is 283 g/mol. The van der Waals surface area contributed by atoms with Gasteiger partial charge in [0.15, 0.2) is 0 Å². The van der Waals surface area contributed by atoms with Crippen LogP contribution in [0.2, 0.25) is 0 Å². The number of carbonyl (C=O) groups excluding carboxylic acids is 1. The summed E-state index contributed by atoms with van der Waals surface area (Å²) in [5.41, 5.74) is 4.30. The van der Waals surface area contributed by atoms with Crippen molar-refractivity contribution in [2.24, 2.45) is 0 Å². The van der Waals surface area contributed by atoms with Gasteiger partial charge in [-0.15, -0.1) is 0 Å². The van der Waals surface area contributed by atoms with Crippen molar-refractivity contribution in [3.63, 3.8) is 0 Å². The average molecular weight is 283 g/mol. The van der Waals surface area contributed by atoms with E-state index in [1.54, 1.807) is 30.8 Å². The number of methoxy groups -OCH3 is 1. The van der Waals surface area contributed by atoms with Crippen LogP contribution in [0.25, 0.3) is 22.4 Å². The molecule has 1 amide bonds. The highest BCUT2D eigenvalue weighted by Crippen LogP contribution is 2.24. The van der Waals surface area contributed by atoms with Gasteiger partial charge in [0.25, 0.3) is 5.91 Å². The van der Waals surface area contributed by atoms with Gasteiger partial charge in [-0.05, 0) is 30.3 Å². The quantitative estimate of drug-likeness (QED) is 0.508. The van der Waals surface area contributed by atoms with Crippen LogP contribution in [0.4, 0.5) is 0 Å². The van der Waals surface area contributed by atoms with Gasteiger partial charge in [0.1, 0.15) is 11.6 Å². The van der Waals surface area contributed by atoms with E-state index >= 15 is 0 Å². The third-order valence-electron chi connectivity index (χ3n) is 3.19. The molecule has 1 aromatic heterocycles. The van der Waals surface area contributed by atoms with Crippen molar-refractivity contribution in [2.45, 2.75) is 0 Å². The second-order valence-electron chi connectivity index (χ2n) is 4.49. The molecule has 3 rings (SSSR count). The number of benzene rings is 2. The average Bonchev–Trinajstić information content (AvgIpc) is 2.97. The van der Waals surface area contributed by atoms with Gasteiger partial charge < -0.3 is 9.72 Å². The number of imidazole rings is 1. The van der Waals surface area contributed by atoms with E-state index < -0.39 is 5.91 Å². The van der Waals surface area contributed by atoms with Gasteiger partial charge in [-0.3, -0.25) is 10.0 Å². The summed E-state index contributed by atoms with van der Waals surface area (Å²) in [6.07, 6.45) is 0. The number of aromatic amines is 1. The summed E-state index contributed by atoms with van der Waals surface area (Å²) >= 11 is 0. The van der Waals surface area contributed by atoms with Crippen LogP contribution in [0.5, 0.6) is 5.75 Å². The number of H-pyrrole nitrogens is 1. The standard InChI is InChI=1S/C15H13N3O3/c1-21-11-4-2-3-9(7-11)14-16-12-6-5-10(15(19)18-20)8-13(12)17-14/h2-8,20H,1H3,(H,16,17)(H,18,19). The van der Waals surface area contributed by atoms with Crippen molar-refractivity contribution in [3.8, 4) is 17.1 Å². The minimum Gasteiger partial charge on any atom is -0.497 e. The van der Waals surface area contributed by atoms with E-state index in [1.807, 2.05) is 24.3 Å². The fourth-order valence-electron chi connectivity index (χ4n) is 2.12. The van der Waals surface area contributed by atoms with Crippen molar-refractivity contribution < 1.29 is 14.7 Å². The number of nitrogens with one attached hydrogen (secondary N) is 2. The number of nitrogens with zero attached hydrogens (tertiary/aromatic N) is 1. The molecule has 2 aromatic carbocycles.